The molecule has 110 valence electrons. The molecular formula is C10H9F3N2O5. The SMILES string of the molecule is COC(=O)Cc1cnc([N+](=O)[O-])c(OC(F)(F)F)c1C. The minimum absolute atomic E-state index is 0.0432. The summed E-state index contributed by atoms with van der Waals surface area (Å²) < 4.78 is 44.8. The number of esters is 1. The van der Waals surface area contributed by atoms with Gasteiger partial charge in [0.15, 0.2) is 0 Å². The summed E-state index contributed by atoms with van der Waals surface area (Å²) in [5, 5.41) is 10.7. The van der Waals surface area contributed by atoms with Crippen LogP contribution >= 0.6 is 0 Å². The van der Waals surface area contributed by atoms with Gasteiger partial charge in [0.2, 0.25) is 5.75 Å². The van der Waals surface area contributed by atoms with Crippen LogP contribution in [0.3, 0.4) is 0 Å². The van der Waals surface area contributed by atoms with Crippen LogP contribution in [0.25, 0.3) is 0 Å². The van der Waals surface area contributed by atoms with E-state index < -0.39 is 28.8 Å². The highest BCUT2D eigenvalue weighted by Gasteiger charge is 2.36. The number of nitro groups is 1. The fourth-order valence-corrected chi connectivity index (χ4v) is 1.38. The number of ether oxygens (including phenoxy) is 2. The lowest BCUT2D eigenvalue weighted by Crippen LogP contribution is -2.20. The van der Waals surface area contributed by atoms with Gasteiger partial charge in [-0.15, -0.1) is 13.2 Å². The summed E-state index contributed by atoms with van der Waals surface area (Å²) in [6.45, 7) is 1.16. The van der Waals surface area contributed by atoms with Crippen LogP contribution < -0.4 is 4.74 Å². The molecule has 0 atom stereocenters. The topological polar surface area (TPSA) is 91.6 Å². The number of carbonyl (C=O) groups excluding carboxylic acids is 1. The molecular weight excluding hydrogens is 285 g/mol. The standard InChI is InChI=1S/C10H9F3N2O5/c1-5-6(3-7(16)19-2)4-14-9(15(17)18)8(5)20-10(11,12)13/h4H,3H2,1-2H3. The first-order valence-corrected chi connectivity index (χ1v) is 5.11. The number of rotatable bonds is 4. The quantitative estimate of drug-likeness (QED) is 0.478. The molecule has 1 heterocycles. The molecule has 20 heavy (non-hydrogen) atoms. The second-order valence-electron chi connectivity index (χ2n) is 3.62. The predicted octanol–water partition coefficient (Wildman–Crippen LogP) is 1.91. The molecule has 1 aromatic rings. The molecule has 0 N–H and O–H groups in total. The number of alkyl halides is 3. The van der Waals surface area contributed by atoms with Gasteiger partial charge in [-0.2, -0.15) is 0 Å². The second kappa shape index (κ2) is 5.72. The summed E-state index contributed by atoms with van der Waals surface area (Å²) in [4.78, 5) is 23.9. The molecule has 0 saturated heterocycles. The fourth-order valence-electron chi connectivity index (χ4n) is 1.38. The van der Waals surface area contributed by atoms with Gasteiger partial charge >= 0.3 is 18.1 Å². The van der Waals surface area contributed by atoms with E-state index in [1.165, 1.54) is 0 Å². The van der Waals surface area contributed by atoms with Crippen molar-refractivity contribution in [2.75, 3.05) is 7.11 Å². The Morgan fingerprint density at radius 2 is 2.10 bits per heavy atom. The van der Waals surface area contributed by atoms with Crippen LogP contribution in [-0.4, -0.2) is 29.3 Å². The molecule has 0 aliphatic rings. The number of halogens is 3. The molecule has 0 saturated carbocycles. The Hall–Kier alpha value is -2.39. The van der Waals surface area contributed by atoms with E-state index in [9.17, 15) is 28.1 Å². The van der Waals surface area contributed by atoms with Crippen molar-refractivity contribution in [3.05, 3.63) is 27.4 Å². The van der Waals surface area contributed by atoms with E-state index in [0.29, 0.717) is 0 Å². The van der Waals surface area contributed by atoms with Crippen molar-refractivity contribution in [2.24, 2.45) is 0 Å². The van der Waals surface area contributed by atoms with Crippen LogP contribution in [0.4, 0.5) is 19.0 Å². The summed E-state index contributed by atoms with van der Waals surface area (Å²) in [7, 11) is 1.10. The Morgan fingerprint density at radius 3 is 2.55 bits per heavy atom. The van der Waals surface area contributed by atoms with Crippen LogP contribution in [0, 0.1) is 17.0 Å². The number of pyridine rings is 1. The lowest BCUT2D eigenvalue weighted by atomic mass is 10.1. The first-order chi connectivity index (χ1) is 9.15. The Balaban J connectivity index is 3.30. The fraction of sp³-hybridized carbons (Fsp3) is 0.400. The van der Waals surface area contributed by atoms with Gasteiger partial charge in [-0.1, -0.05) is 0 Å². The Kier molecular flexibility index (Phi) is 4.48. The minimum Gasteiger partial charge on any atom is -0.469 e. The third-order valence-electron chi connectivity index (χ3n) is 2.32. The summed E-state index contributed by atoms with van der Waals surface area (Å²) in [5.41, 5.74) is -0.156. The maximum absolute atomic E-state index is 12.3. The first-order valence-electron chi connectivity index (χ1n) is 5.11. The molecule has 0 unspecified atom stereocenters. The minimum atomic E-state index is -5.11. The summed E-state index contributed by atoms with van der Waals surface area (Å²) in [6.07, 6.45) is -4.55. The molecule has 1 aromatic heterocycles. The second-order valence-corrected chi connectivity index (χ2v) is 3.62. The monoisotopic (exact) mass is 294 g/mol. The highest BCUT2D eigenvalue weighted by Crippen LogP contribution is 2.35. The average Bonchev–Trinajstić information content (AvgIpc) is 2.32. The zero-order chi connectivity index (χ0) is 15.5. The highest BCUT2D eigenvalue weighted by molar-refractivity contribution is 5.73. The number of aromatic nitrogens is 1. The van der Waals surface area contributed by atoms with Gasteiger partial charge in [-0.25, -0.2) is 0 Å². The number of hydrogen-bond acceptors (Lipinski definition) is 6. The van der Waals surface area contributed by atoms with E-state index in [0.717, 1.165) is 20.2 Å². The Bertz CT molecular complexity index is 544. The van der Waals surface area contributed by atoms with Gasteiger partial charge in [0.05, 0.1) is 13.5 Å². The summed E-state index contributed by atoms with van der Waals surface area (Å²) in [5.74, 6) is -2.83. The lowest BCUT2D eigenvalue weighted by molar-refractivity contribution is -0.393. The number of hydrogen-bond donors (Lipinski definition) is 0. The Labute approximate surface area is 110 Å². The Morgan fingerprint density at radius 1 is 1.50 bits per heavy atom. The molecule has 0 aliphatic carbocycles. The van der Waals surface area contributed by atoms with Crippen molar-refractivity contribution in [1.29, 1.82) is 0 Å². The van der Waals surface area contributed by atoms with Crippen molar-refractivity contribution in [3.63, 3.8) is 0 Å². The van der Waals surface area contributed by atoms with Crippen molar-refractivity contribution >= 4 is 11.8 Å². The van der Waals surface area contributed by atoms with Crippen LogP contribution in [0.15, 0.2) is 6.20 Å². The number of methoxy groups -OCH3 is 1. The van der Waals surface area contributed by atoms with Gasteiger partial charge in [-0.3, -0.25) is 4.79 Å². The van der Waals surface area contributed by atoms with Crippen LogP contribution in [-0.2, 0) is 16.0 Å². The van der Waals surface area contributed by atoms with E-state index in [4.69, 9.17) is 0 Å². The van der Waals surface area contributed by atoms with E-state index in [-0.39, 0.29) is 17.5 Å². The molecule has 0 fully saturated rings. The van der Waals surface area contributed by atoms with Gasteiger partial charge < -0.3 is 19.6 Å². The smallest absolute Gasteiger partial charge is 0.469 e. The van der Waals surface area contributed by atoms with Crippen molar-refractivity contribution in [3.8, 4) is 5.75 Å². The normalized spacial score (nSPS) is 11.1. The van der Waals surface area contributed by atoms with Gasteiger partial charge in [0.1, 0.15) is 6.20 Å². The molecule has 0 spiro atoms. The van der Waals surface area contributed by atoms with Crippen molar-refractivity contribution in [2.45, 2.75) is 19.7 Å². The molecule has 1 rings (SSSR count). The molecule has 0 amide bonds. The van der Waals surface area contributed by atoms with Crippen molar-refractivity contribution in [1.82, 2.24) is 4.98 Å². The molecule has 0 radical (unpaired) electrons. The number of nitrogens with zero attached hydrogens (tertiary/aromatic N) is 2. The van der Waals surface area contributed by atoms with Gasteiger partial charge in [0, 0.05) is 11.1 Å². The number of carbonyl (C=O) groups is 1. The summed E-state index contributed by atoms with van der Waals surface area (Å²) in [6, 6.07) is 0. The third kappa shape index (κ3) is 3.80. The first kappa shape index (κ1) is 15.7. The maximum atomic E-state index is 12.3. The molecule has 0 aromatic carbocycles. The third-order valence-corrected chi connectivity index (χ3v) is 2.32. The average molecular weight is 294 g/mol. The highest BCUT2D eigenvalue weighted by atomic mass is 19.4. The predicted molar refractivity (Wildman–Crippen MR) is 58.0 cm³/mol. The van der Waals surface area contributed by atoms with E-state index in [2.05, 4.69) is 14.5 Å². The molecule has 0 bridgehead atoms. The zero-order valence-electron chi connectivity index (χ0n) is 10.4. The summed E-state index contributed by atoms with van der Waals surface area (Å²) >= 11 is 0. The lowest BCUT2D eigenvalue weighted by Gasteiger charge is -2.12. The van der Waals surface area contributed by atoms with Crippen LogP contribution in [0.5, 0.6) is 5.75 Å². The maximum Gasteiger partial charge on any atom is 0.573 e. The zero-order valence-corrected chi connectivity index (χ0v) is 10.4. The molecule has 10 heteroatoms. The molecule has 7 nitrogen and oxygen atoms in total. The molecule has 0 aliphatic heterocycles. The van der Waals surface area contributed by atoms with Crippen LogP contribution in [0.1, 0.15) is 11.1 Å². The largest absolute Gasteiger partial charge is 0.573 e. The van der Waals surface area contributed by atoms with E-state index in [1.54, 1.807) is 0 Å². The van der Waals surface area contributed by atoms with Crippen molar-refractivity contribution < 1.29 is 32.4 Å². The van der Waals surface area contributed by atoms with Gasteiger partial charge in [-0.05, 0) is 16.8 Å². The van der Waals surface area contributed by atoms with E-state index in [1.807, 2.05) is 0 Å². The van der Waals surface area contributed by atoms with Gasteiger partial charge in [0.25, 0.3) is 0 Å². The van der Waals surface area contributed by atoms with Crippen LogP contribution in [0.2, 0.25) is 0 Å². The van der Waals surface area contributed by atoms with E-state index >= 15 is 0 Å².